The lowest BCUT2D eigenvalue weighted by molar-refractivity contribution is 0.949. The van der Waals surface area contributed by atoms with Crippen LogP contribution in [0.4, 0.5) is 5.82 Å². The minimum Gasteiger partial charge on any atom is -0.363 e. The van der Waals surface area contributed by atoms with Crippen molar-refractivity contribution < 1.29 is 0 Å². The molecule has 0 fully saturated rings. The molecule has 7 heteroatoms. The number of hydrogen-bond donors (Lipinski definition) is 3. The fourth-order valence-corrected chi connectivity index (χ4v) is 2.21. The first-order chi connectivity index (χ1) is 10.9. The first-order valence-electron chi connectivity index (χ1n) is 6.88. The molecule has 0 aliphatic heterocycles. The Morgan fingerprint density at radius 3 is 2.82 bits per heavy atom. The Morgan fingerprint density at radius 1 is 1.00 bits per heavy atom. The second-order valence-electron chi connectivity index (χ2n) is 4.81. The number of anilines is 1. The maximum atomic E-state index is 4.48. The van der Waals surface area contributed by atoms with Gasteiger partial charge in [0.05, 0.1) is 6.54 Å². The van der Waals surface area contributed by atoms with E-state index < -0.39 is 0 Å². The highest BCUT2D eigenvalue weighted by molar-refractivity contribution is 5.77. The molecule has 0 spiro atoms. The summed E-state index contributed by atoms with van der Waals surface area (Å²) in [5.41, 5.74) is 1.79. The molecule has 0 radical (unpaired) electrons. The summed E-state index contributed by atoms with van der Waals surface area (Å²) in [7, 11) is 0. The quantitative estimate of drug-likeness (QED) is 0.536. The first kappa shape index (κ1) is 12.5. The van der Waals surface area contributed by atoms with Crippen LogP contribution in [0.2, 0.25) is 0 Å². The van der Waals surface area contributed by atoms with E-state index in [2.05, 4.69) is 35.5 Å². The van der Waals surface area contributed by atoms with E-state index in [0.717, 1.165) is 28.2 Å². The molecule has 0 amide bonds. The molecule has 4 aromatic rings. The molecule has 4 aromatic heterocycles. The van der Waals surface area contributed by atoms with Gasteiger partial charge in [-0.15, -0.1) is 0 Å². The van der Waals surface area contributed by atoms with Crippen molar-refractivity contribution in [2.45, 2.75) is 6.54 Å². The van der Waals surface area contributed by atoms with Crippen LogP contribution < -0.4 is 5.32 Å². The molecule has 0 aliphatic carbocycles. The number of pyridine rings is 2. The Bertz CT molecular complexity index is 894. The van der Waals surface area contributed by atoms with Crippen molar-refractivity contribution >= 4 is 16.9 Å². The molecule has 4 heterocycles. The van der Waals surface area contributed by atoms with E-state index in [1.54, 1.807) is 12.4 Å². The van der Waals surface area contributed by atoms with Crippen LogP contribution in [0.3, 0.4) is 0 Å². The fourth-order valence-electron chi connectivity index (χ4n) is 2.21. The zero-order chi connectivity index (χ0) is 14.8. The molecule has 0 bridgehead atoms. The second-order valence-corrected chi connectivity index (χ2v) is 4.81. The zero-order valence-electron chi connectivity index (χ0n) is 11.6. The Kier molecular flexibility index (Phi) is 3.01. The van der Waals surface area contributed by atoms with E-state index in [9.17, 15) is 0 Å². The van der Waals surface area contributed by atoms with Crippen molar-refractivity contribution in [2.75, 3.05) is 5.32 Å². The SMILES string of the molecule is c1cc(-c2n[nH]c(CNc3ccc4cc[nH]c4n3)n2)ccn1. The highest BCUT2D eigenvalue weighted by atomic mass is 15.2. The van der Waals surface area contributed by atoms with Gasteiger partial charge in [0, 0.05) is 29.5 Å². The highest BCUT2D eigenvalue weighted by Crippen LogP contribution is 2.15. The van der Waals surface area contributed by atoms with Crippen LogP contribution in [-0.4, -0.2) is 30.1 Å². The normalized spacial score (nSPS) is 10.9. The third-order valence-electron chi connectivity index (χ3n) is 3.32. The van der Waals surface area contributed by atoms with Gasteiger partial charge < -0.3 is 10.3 Å². The van der Waals surface area contributed by atoms with Crippen LogP contribution in [0.25, 0.3) is 22.4 Å². The van der Waals surface area contributed by atoms with E-state index in [-0.39, 0.29) is 0 Å². The molecule has 7 nitrogen and oxygen atoms in total. The minimum absolute atomic E-state index is 0.525. The summed E-state index contributed by atoms with van der Waals surface area (Å²) < 4.78 is 0. The van der Waals surface area contributed by atoms with Gasteiger partial charge in [-0.2, -0.15) is 5.10 Å². The molecule has 0 saturated heterocycles. The van der Waals surface area contributed by atoms with Crippen LogP contribution in [0.5, 0.6) is 0 Å². The van der Waals surface area contributed by atoms with Crippen molar-refractivity contribution in [1.29, 1.82) is 0 Å². The molecule has 0 saturated carbocycles. The lowest BCUT2D eigenvalue weighted by atomic mass is 10.2. The third-order valence-corrected chi connectivity index (χ3v) is 3.32. The van der Waals surface area contributed by atoms with Gasteiger partial charge in [-0.05, 0) is 30.3 Å². The topological polar surface area (TPSA) is 95.2 Å². The number of fused-ring (bicyclic) bond motifs is 1. The standard InChI is InChI=1S/C15H13N7/c1-2-12(19-14-10(1)5-8-17-14)18-9-13-20-15(22-21-13)11-3-6-16-7-4-11/h1-8H,9H2,(H2,17,18,19)(H,20,21,22). The summed E-state index contributed by atoms with van der Waals surface area (Å²) in [5, 5.41) is 11.5. The monoisotopic (exact) mass is 291 g/mol. The number of rotatable bonds is 4. The molecule has 0 aromatic carbocycles. The van der Waals surface area contributed by atoms with Gasteiger partial charge in [0.1, 0.15) is 17.3 Å². The van der Waals surface area contributed by atoms with Gasteiger partial charge >= 0.3 is 0 Å². The Morgan fingerprint density at radius 2 is 1.91 bits per heavy atom. The van der Waals surface area contributed by atoms with Gasteiger partial charge in [-0.1, -0.05) is 0 Å². The number of nitrogens with zero attached hydrogens (tertiary/aromatic N) is 4. The highest BCUT2D eigenvalue weighted by Gasteiger charge is 2.06. The third kappa shape index (κ3) is 2.39. The molecule has 22 heavy (non-hydrogen) atoms. The zero-order valence-corrected chi connectivity index (χ0v) is 11.6. The van der Waals surface area contributed by atoms with Gasteiger partial charge in [0.25, 0.3) is 0 Å². The van der Waals surface area contributed by atoms with Crippen LogP contribution >= 0.6 is 0 Å². The van der Waals surface area contributed by atoms with Gasteiger partial charge in [0.15, 0.2) is 5.82 Å². The summed E-state index contributed by atoms with van der Waals surface area (Å²) in [5.74, 6) is 2.20. The van der Waals surface area contributed by atoms with E-state index in [0.29, 0.717) is 12.4 Å². The van der Waals surface area contributed by atoms with Crippen LogP contribution in [0.1, 0.15) is 5.82 Å². The van der Waals surface area contributed by atoms with Crippen LogP contribution in [-0.2, 0) is 6.54 Å². The fraction of sp³-hybridized carbons (Fsp3) is 0.0667. The maximum absolute atomic E-state index is 4.48. The lowest BCUT2D eigenvalue weighted by Gasteiger charge is -2.02. The maximum Gasteiger partial charge on any atom is 0.181 e. The van der Waals surface area contributed by atoms with E-state index in [1.165, 1.54) is 0 Å². The number of nitrogens with one attached hydrogen (secondary N) is 3. The number of H-pyrrole nitrogens is 2. The predicted octanol–water partition coefficient (Wildman–Crippen LogP) is 2.36. The summed E-state index contributed by atoms with van der Waals surface area (Å²) >= 11 is 0. The van der Waals surface area contributed by atoms with Crippen LogP contribution in [0.15, 0.2) is 48.9 Å². The molecular weight excluding hydrogens is 278 g/mol. The average Bonchev–Trinajstić information content (AvgIpc) is 3.22. The van der Waals surface area contributed by atoms with E-state index in [1.807, 2.05) is 36.5 Å². The molecule has 0 unspecified atom stereocenters. The van der Waals surface area contributed by atoms with Crippen molar-refractivity contribution in [1.82, 2.24) is 30.1 Å². The van der Waals surface area contributed by atoms with Crippen molar-refractivity contribution in [3.05, 3.63) is 54.7 Å². The molecular formula is C15H13N7. The Balaban J connectivity index is 1.48. The summed E-state index contributed by atoms with van der Waals surface area (Å²) in [6.45, 7) is 0.525. The molecule has 0 atom stereocenters. The van der Waals surface area contributed by atoms with Gasteiger partial charge in [-0.3, -0.25) is 10.1 Å². The number of aromatic nitrogens is 6. The Labute approximate surface area is 125 Å². The van der Waals surface area contributed by atoms with Crippen molar-refractivity contribution in [3.8, 4) is 11.4 Å². The smallest absolute Gasteiger partial charge is 0.181 e. The van der Waals surface area contributed by atoms with Crippen molar-refractivity contribution in [3.63, 3.8) is 0 Å². The molecule has 4 rings (SSSR count). The summed E-state index contributed by atoms with van der Waals surface area (Å²) in [6, 6.07) is 9.70. The van der Waals surface area contributed by atoms with Crippen molar-refractivity contribution in [2.24, 2.45) is 0 Å². The van der Waals surface area contributed by atoms with Gasteiger partial charge in [0.2, 0.25) is 0 Å². The lowest BCUT2D eigenvalue weighted by Crippen LogP contribution is -2.03. The molecule has 108 valence electrons. The molecule has 0 aliphatic rings. The first-order valence-corrected chi connectivity index (χ1v) is 6.88. The number of hydrogen-bond acceptors (Lipinski definition) is 5. The number of aromatic amines is 2. The van der Waals surface area contributed by atoms with E-state index >= 15 is 0 Å². The minimum atomic E-state index is 0.525. The molecule has 3 N–H and O–H groups in total. The van der Waals surface area contributed by atoms with Gasteiger partial charge in [-0.25, -0.2) is 9.97 Å². The van der Waals surface area contributed by atoms with E-state index in [4.69, 9.17) is 0 Å². The Hall–Kier alpha value is -3.22. The second kappa shape index (κ2) is 5.28. The largest absolute Gasteiger partial charge is 0.363 e. The predicted molar refractivity (Wildman–Crippen MR) is 83.0 cm³/mol. The summed E-state index contributed by atoms with van der Waals surface area (Å²) in [4.78, 5) is 16.0. The summed E-state index contributed by atoms with van der Waals surface area (Å²) in [6.07, 6.45) is 5.32. The average molecular weight is 291 g/mol. The van der Waals surface area contributed by atoms with Crippen LogP contribution in [0, 0.1) is 0 Å².